The molecule has 0 N–H and O–H groups in total. The summed E-state index contributed by atoms with van der Waals surface area (Å²) in [5.41, 5.74) is 1.81. The van der Waals surface area contributed by atoms with E-state index in [1.807, 2.05) is 0 Å². The zero-order chi connectivity index (χ0) is 17.8. The van der Waals surface area contributed by atoms with Crippen molar-refractivity contribution in [1.82, 2.24) is 0 Å². The molecule has 130 valence electrons. The first-order valence-electron chi connectivity index (χ1n) is 9.11. The Bertz CT molecular complexity index is 792. The van der Waals surface area contributed by atoms with Gasteiger partial charge in [0.05, 0.1) is 12.2 Å². The van der Waals surface area contributed by atoms with E-state index in [0.29, 0.717) is 40.5 Å². The quantitative estimate of drug-likeness (QED) is 0.606. The average Bonchev–Trinajstić information content (AvgIpc) is 2.66. The molecule has 0 spiro atoms. The Morgan fingerprint density at radius 2 is 1.56 bits per heavy atom. The molecule has 0 saturated heterocycles. The maximum Gasteiger partial charge on any atom is 0.198 e. The van der Waals surface area contributed by atoms with Crippen molar-refractivity contribution < 1.29 is 14.3 Å². The zero-order valence-corrected chi connectivity index (χ0v) is 14.9. The van der Waals surface area contributed by atoms with E-state index in [2.05, 4.69) is 13.8 Å². The molecule has 0 amide bonds. The Balaban J connectivity index is 1.89. The molecule has 1 aliphatic carbocycles. The fraction of sp³-hybridized carbons (Fsp3) is 0.364. The summed E-state index contributed by atoms with van der Waals surface area (Å²) in [5, 5.41) is 0. The van der Waals surface area contributed by atoms with E-state index in [0.717, 1.165) is 12.8 Å². The van der Waals surface area contributed by atoms with Crippen molar-refractivity contribution in [1.29, 1.82) is 0 Å². The van der Waals surface area contributed by atoms with Gasteiger partial charge in [0, 0.05) is 16.7 Å². The maximum absolute atomic E-state index is 12.9. The van der Waals surface area contributed by atoms with Crippen molar-refractivity contribution in [3.63, 3.8) is 0 Å². The Kier molecular flexibility index (Phi) is 5.32. The van der Waals surface area contributed by atoms with Crippen LogP contribution in [0, 0.1) is 5.92 Å². The van der Waals surface area contributed by atoms with Crippen LogP contribution >= 0.6 is 0 Å². The first kappa shape index (κ1) is 17.4. The molecule has 25 heavy (non-hydrogen) atoms. The van der Waals surface area contributed by atoms with Gasteiger partial charge in [-0.1, -0.05) is 69.5 Å². The fourth-order valence-corrected chi connectivity index (χ4v) is 3.34. The Hall–Kier alpha value is -2.42. The molecular weight excluding hydrogens is 312 g/mol. The van der Waals surface area contributed by atoms with Crippen LogP contribution in [-0.4, -0.2) is 18.2 Å². The highest BCUT2D eigenvalue weighted by atomic mass is 16.5. The number of fused-ring (bicyclic) bond motifs is 2. The molecule has 0 heterocycles. The molecule has 1 aliphatic rings. The molecule has 2 aromatic rings. The highest BCUT2D eigenvalue weighted by Gasteiger charge is 2.32. The van der Waals surface area contributed by atoms with Gasteiger partial charge in [-0.2, -0.15) is 0 Å². The van der Waals surface area contributed by atoms with Crippen molar-refractivity contribution in [3.05, 3.63) is 64.7 Å². The van der Waals surface area contributed by atoms with Crippen molar-refractivity contribution in [2.75, 3.05) is 6.61 Å². The molecule has 0 saturated carbocycles. The molecular formula is C22H24O3. The predicted octanol–water partition coefficient (Wildman–Crippen LogP) is 5.06. The van der Waals surface area contributed by atoms with Crippen LogP contribution in [0.25, 0.3) is 0 Å². The molecule has 0 aliphatic heterocycles. The van der Waals surface area contributed by atoms with Gasteiger partial charge >= 0.3 is 0 Å². The number of unbranched alkanes of at least 4 members (excludes halogenated alkanes) is 1. The SMILES string of the molecule is CCCCC(CC)COc1cccc2c1C(=O)c1ccccc1C2=O. The summed E-state index contributed by atoms with van der Waals surface area (Å²) in [6.45, 7) is 4.92. The third-order valence-electron chi connectivity index (χ3n) is 4.93. The van der Waals surface area contributed by atoms with Crippen LogP contribution in [0.1, 0.15) is 71.4 Å². The smallest absolute Gasteiger partial charge is 0.198 e. The maximum atomic E-state index is 12.9. The summed E-state index contributed by atoms with van der Waals surface area (Å²) in [4.78, 5) is 25.7. The van der Waals surface area contributed by atoms with Gasteiger partial charge in [0.1, 0.15) is 5.75 Å². The van der Waals surface area contributed by atoms with Crippen molar-refractivity contribution in [3.8, 4) is 5.75 Å². The fourth-order valence-electron chi connectivity index (χ4n) is 3.34. The lowest BCUT2D eigenvalue weighted by atomic mass is 9.83. The van der Waals surface area contributed by atoms with Gasteiger partial charge in [-0.3, -0.25) is 9.59 Å². The summed E-state index contributed by atoms with van der Waals surface area (Å²) in [6.07, 6.45) is 4.52. The minimum Gasteiger partial charge on any atom is -0.493 e. The predicted molar refractivity (Wildman–Crippen MR) is 98.6 cm³/mol. The van der Waals surface area contributed by atoms with Gasteiger partial charge < -0.3 is 4.74 Å². The Morgan fingerprint density at radius 3 is 2.24 bits per heavy atom. The van der Waals surface area contributed by atoms with Gasteiger partial charge in [-0.05, 0) is 18.4 Å². The second-order valence-corrected chi connectivity index (χ2v) is 6.61. The molecule has 3 nitrogen and oxygen atoms in total. The Labute approximate surface area is 149 Å². The number of ether oxygens (including phenoxy) is 1. The normalized spacial score (nSPS) is 14.0. The minimum absolute atomic E-state index is 0.103. The summed E-state index contributed by atoms with van der Waals surface area (Å²) < 4.78 is 6.02. The van der Waals surface area contributed by atoms with Crippen molar-refractivity contribution >= 4 is 11.6 Å². The number of benzene rings is 2. The highest BCUT2D eigenvalue weighted by molar-refractivity contribution is 6.29. The van der Waals surface area contributed by atoms with Gasteiger partial charge in [-0.15, -0.1) is 0 Å². The van der Waals surface area contributed by atoms with E-state index in [9.17, 15) is 9.59 Å². The van der Waals surface area contributed by atoms with E-state index < -0.39 is 0 Å². The van der Waals surface area contributed by atoms with Crippen LogP contribution < -0.4 is 4.74 Å². The van der Waals surface area contributed by atoms with Crippen LogP contribution in [-0.2, 0) is 0 Å². The lowest BCUT2D eigenvalue weighted by Crippen LogP contribution is -2.22. The van der Waals surface area contributed by atoms with Gasteiger partial charge in [-0.25, -0.2) is 0 Å². The zero-order valence-electron chi connectivity index (χ0n) is 14.9. The van der Waals surface area contributed by atoms with Crippen molar-refractivity contribution in [2.45, 2.75) is 39.5 Å². The van der Waals surface area contributed by atoms with Crippen LogP contribution in [0.15, 0.2) is 42.5 Å². The summed E-state index contributed by atoms with van der Waals surface area (Å²) in [6, 6.07) is 12.3. The molecule has 0 fully saturated rings. The second-order valence-electron chi connectivity index (χ2n) is 6.61. The molecule has 0 aromatic heterocycles. The average molecular weight is 336 g/mol. The topological polar surface area (TPSA) is 43.4 Å². The Morgan fingerprint density at radius 1 is 0.880 bits per heavy atom. The van der Waals surface area contributed by atoms with Gasteiger partial charge in [0.15, 0.2) is 11.6 Å². The molecule has 2 aromatic carbocycles. The molecule has 0 bridgehead atoms. The van der Waals surface area contributed by atoms with Crippen LogP contribution in [0.5, 0.6) is 5.75 Å². The lowest BCUT2D eigenvalue weighted by Gasteiger charge is -2.22. The van der Waals surface area contributed by atoms with Crippen LogP contribution in [0.2, 0.25) is 0 Å². The van der Waals surface area contributed by atoms with E-state index in [-0.39, 0.29) is 11.6 Å². The second kappa shape index (κ2) is 7.64. The molecule has 1 atom stereocenters. The van der Waals surface area contributed by atoms with Crippen LogP contribution in [0.3, 0.4) is 0 Å². The number of hydrogen-bond acceptors (Lipinski definition) is 3. The molecule has 3 heteroatoms. The molecule has 0 radical (unpaired) electrons. The first-order chi connectivity index (χ1) is 12.2. The van der Waals surface area contributed by atoms with E-state index in [1.165, 1.54) is 12.8 Å². The summed E-state index contributed by atoms with van der Waals surface area (Å²) >= 11 is 0. The standard InChI is InChI=1S/C22H24O3/c1-3-5-9-15(4-2)14-25-19-13-8-12-18-20(19)22(24)17-11-7-6-10-16(17)21(18)23/h6-8,10-13,15H,3-5,9,14H2,1-2H3. The highest BCUT2D eigenvalue weighted by Crippen LogP contribution is 2.33. The molecule has 3 rings (SSSR count). The summed E-state index contributed by atoms with van der Waals surface area (Å²) in [5.74, 6) is 0.772. The third-order valence-corrected chi connectivity index (χ3v) is 4.93. The third kappa shape index (κ3) is 3.37. The number of rotatable bonds is 7. The van der Waals surface area contributed by atoms with E-state index >= 15 is 0 Å². The van der Waals surface area contributed by atoms with E-state index in [4.69, 9.17) is 4.74 Å². The number of ketones is 2. The van der Waals surface area contributed by atoms with Gasteiger partial charge in [0.2, 0.25) is 0 Å². The van der Waals surface area contributed by atoms with Crippen LogP contribution in [0.4, 0.5) is 0 Å². The minimum atomic E-state index is -0.123. The van der Waals surface area contributed by atoms with Crippen molar-refractivity contribution in [2.24, 2.45) is 5.92 Å². The summed E-state index contributed by atoms with van der Waals surface area (Å²) in [7, 11) is 0. The van der Waals surface area contributed by atoms with Gasteiger partial charge in [0.25, 0.3) is 0 Å². The lowest BCUT2D eigenvalue weighted by molar-refractivity contribution is 0.0974. The monoisotopic (exact) mass is 336 g/mol. The first-order valence-corrected chi connectivity index (χ1v) is 9.11. The largest absolute Gasteiger partial charge is 0.493 e. The van der Waals surface area contributed by atoms with E-state index in [1.54, 1.807) is 42.5 Å². The number of carbonyl (C=O) groups excluding carboxylic acids is 2. The molecule has 1 unspecified atom stereocenters. The number of hydrogen-bond donors (Lipinski definition) is 0. The number of carbonyl (C=O) groups is 2.